The van der Waals surface area contributed by atoms with Crippen LogP contribution in [0.3, 0.4) is 0 Å². The molecule has 0 saturated carbocycles. The summed E-state index contributed by atoms with van der Waals surface area (Å²) in [4.78, 5) is 19.9. The Bertz CT molecular complexity index is 943. The Labute approximate surface area is 152 Å². The number of aromatic nitrogens is 4. The maximum Gasteiger partial charge on any atom is 0.225 e. The predicted molar refractivity (Wildman–Crippen MR) is 104 cm³/mol. The quantitative estimate of drug-likeness (QED) is 0.748. The summed E-state index contributed by atoms with van der Waals surface area (Å²) in [7, 11) is 0. The van der Waals surface area contributed by atoms with Gasteiger partial charge in [0, 0.05) is 30.0 Å². The Morgan fingerprint density at radius 3 is 2.38 bits per heavy atom. The number of rotatable bonds is 3. The molecule has 0 amide bonds. The summed E-state index contributed by atoms with van der Waals surface area (Å²) >= 11 is 0. The number of para-hydroxylation sites is 1. The summed E-state index contributed by atoms with van der Waals surface area (Å²) in [5.74, 6) is 1.78. The minimum absolute atomic E-state index is 0.0874. The predicted octanol–water partition coefficient (Wildman–Crippen LogP) is 2.64. The SMILES string of the molecule is Cc1cccc2cc(C(C)c3nc(N)nc(N)n3)c(N3CCCC3)nc12. The molecule has 4 rings (SSSR count). The molecule has 4 N–H and O–H groups in total. The molecule has 1 aromatic carbocycles. The average Bonchev–Trinajstić information content (AvgIpc) is 3.14. The van der Waals surface area contributed by atoms with Crippen molar-refractivity contribution in [1.82, 2.24) is 19.9 Å². The lowest BCUT2D eigenvalue weighted by Gasteiger charge is -2.24. The molecule has 1 fully saturated rings. The Morgan fingerprint density at radius 1 is 1.00 bits per heavy atom. The highest BCUT2D eigenvalue weighted by molar-refractivity contribution is 5.85. The molecule has 1 saturated heterocycles. The van der Waals surface area contributed by atoms with Crippen LogP contribution in [-0.2, 0) is 0 Å². The zero-order valence-corrected chi connectivity index (χ0v) is 15.1. The second-order valence-electron chi connectivity index (χ2n) is 6.87. The van der Waals surface area contributed by atoms with Crippen LogP contribution in [0.4, 0.5) is 17.7 Å². The van der Waals surface area contributed by atoms with Crippen molar-refractivity contribution >= 4 is 28.6 Å². The number of benzene rings is 1. The van der Waals surface area contributed by atoms with E-state index < -0.39 is 0 Å². The number of pyridine rings is 1. The number of anilines is 3. The zero-order valence-electron chi connectivity index (χ0n) is 15.1. The van der Waals surface area contributed by atoms with E-state index in [4.69, 9.17) is 16.5 Å². The Morgan fingerprint density at radius 2 is 1.69 bits per heavy atom. The van der Waals surface area contributed by atoms with Gasteiger partial charge in [0.15, 0.2) is 0 Å². The van der Waals surface area contributed by atoms with Crippen LogP contribution in [0.1, 0.15) is 42.6 Å². The van der Waals surface area contributed by atoms with Gasteiger partial charge in [-0.15, -0.1) is 0 Å². The van der Waals surface area contributed by atoms with E-state index in [9.17, 15) is 0 Å². The van der Waals surface area contributed by atoms with Gasteiger partial charge in [-0.3, -0.25) is 0 Å². The van der Waals surface area contributed by atoms with E-state index in [-0.39, 0.29) is 17.8 Å². The molecule has 3 aromatic rings. The van der Waals surface area contributed by atoms with Crippen LogP contribution < -0.4 is 16.4 Å². The lowest BCUT2D eigenvalue weighted by Crippen LogP contribution is -2.22. The van der Waals surface area contributed by atoms with Crippen LogP contribution in [-0.4, -0.2) is 33.0 Å². The molecule has 2 aromatic heterocycles. The highest BCUT2D eigenvalue weighted by atomic mass is 15.2. The fourth-order valence-electron chi connectivity index (χ4n) is 3.61. The van der Waals surface area contributed by atoms with Crippen LogP contribution in [0.2, 0.25) is 0 Å². The fraction of sp³-hybridized carbons (Fsp3) is 0.368. The summed E-state index contributed by atoms with van der Waals surface area (Å²) in [6.07, 6.45) is 2.37. The van der Waals surface area contributed by atoms with Gasteiger partial charge in [-0.05, 0) is 31.4 Å². The normalized spacial score (nSPS) is 15.5. The lowest BCUT2D eigenvalue weighted by atomic mass is 9.97. The number of nitrogens with zero attached hydrogens (tertiary/aromatic N) is 5. The van der Waals surface area contributed by atoms with Crippen molar-refractivity contribution in [2.45, 2.75) is 32.6 Å². The molecule has 0 aliphatic carbocycles. The highest BCUT2D eigenvalue weighted by Crippen LogP contribution is 2.34. The molecule has 0 radical (unpaired) electrons. The molecule has 3 heterocycles. The van der Waals surface area contributed by atoms with E-state index in [1.165, 1.54) is 18.4 Å². The van der Waals surface area contributed by atoms with E-state index >= 15 is 0 Å². The first-order valence-corrected chi connectivity index (χ1v) is 8.95. The van der Waals surface area contributed by atoms with Crippen molar-refractivity contribution in [3.05, 3.63) is 41.2 Å². The lowest BCUT2D eigenvalue weighted by molar-refractivity contribution is 0.793. The van der Waals surface area contributed by atoms with Gasteiger partial charge in [0.25, 0.3) is 0 Å². The number of fused-ring (bicyclic) bond motifs is 1. The first kappa shape index (κ1) is 16.5. The molecule has 1 aliphatic rings. The van der Waals surface area contributed by atoms with E-state index in [1.54, 1.807) is 0 Å². The fourth-order valence-corrected chi connectivity index (χ4v) is 3.61. The van der Waals surface area contributed by atoms with Gasteiger partial charge in [-0.2, -0.15) is 15.0 Å². The van der Waals surface area contributed by atoms with Gasteiger partial charge in [0.05, 0.1) is 5.52 Å². The van der Waals surface area contributed by atoms with Crippen molar-refractivity contribution in [3.63, 3.8) is 0 Å². The van der Waals surface area contributed by atoms with Gasteiger partial charge in [0.2, 0.25) is 11.9 Å². The second kappa shape index (κ2) is 6.40. The minimum Gasteiger partial charge on any atom is -0.368 e. The van der Waals surface area contributed by atoms with Crippen LogP contribution in [0.5, 0.6) is 0 Å². The smallest absolute Gasteiger partial charge is 0.225 e. The Kier molecular flexibility index (Phi) is 4.06. The molecule has 7 nitrogen and oxygen atoms in total. The summed E-state index contributed by atoms with van der Waals surface area (Å²) in [5, 5.41) is 1.12. The first-order chi connectivity index (χ1) is 12.5. The molecule has 26 heavy (non-hydrogen) atoms. The van der Waals surface area contributed by atoms with E-state index in [0.29, 0.717) is 5.82 Å². The van der Waals surface area contributed by atoms with Gasteiger partial charge < -0.3 is 16.4 Å². The van der Waals surface area contributed by atoms with E-state index in [1.807, 2.05) is 0 Å². The van der Waals surface area contributed by atoms with E-state index in [2.05, 4.69) is 58.0 Å². The summed E-state index contributed by atoms with van der Waals surface area (Å²) in [6, 6.07) is 8.45. The molecule has 0 bridgehead atoms. The van der Waals surface area contributed by atoms with Gasteiger partial charge in [-0.25, -0.2) is 4.98 Å². The number of hydrogen-bond donors (Lipinski definition) is 2. The average molecular weight is 349 g/mol. The molecule has 7 heteroatoms. The molecular weight excluding hydrogens is 326 g/mol. The summed E-state index contributed by atoms with van der Waals surface area (Å²) in [5.41, 5.74) is 14.9. The molecule has 1 aliphatic heterocycles. The third kappa shape index (κ3) is 2.89. The largest absolute Gasteiger partial charge is 0.368 e. The molecule has 134 valence electrons. The number of aryl methyl sites for hydroxylation is 1. The van der Waals surface area contributed by atoms with Crippen molar-refractivity contribution in [2.75, 3.05) is 29.5 Å². The molecule has 0 spiro atoms. The van der Waals surface area contributed by atoms with Gasteiger partial charge in [-0.1, -0.05) is 25.1 Å². The maximum absolute atomic E-state index is 5.78. The van der Waals surface area contributed by atoms with Crippen LogP contribution in [0.15, 0.2) is 24.3 Å². The van der Waals surface area contributed by atoms with Gasteiger partial charge >= 0.3 is 0 Å². The minimum atomic E-state index is -0.0874. The van der Waals surface area contributed by atoms with Crippen molar-refractivity contribution in [1.29, 1.82) is 0 Å². The topological polar surface area (TPSA) is 107 Å². The first-order valence-electron chi connectivity index (χ1n) is 8.95. The van der Waals surface area contributed by atoms with E-state index in [0.717, 1.165) is 35.4 Å². The maximum atomic E-state index is 5.78. The third-order valence-corrected chi connectivity index (χ3v) is 5.00. The standard InChI is InChI=1S/C19H23N7/c1-11-6-5-7-13-10-14(12(2)16-23-18(20)25-19(21)24-16)17(22-15(11)13)26-8-3-4-9-26/h5-7,10,12H,3-4,8-9H2,1-2H3,(H4,20,21,23,24,25). The summed E-state index contributed by atoms with van der Waals surface area (Å²) in [6.45, 7) is 6.20. The van der Waals surface area contributed by atoms with Crippen molar-refractivity contribution in [2.24, 2.45) is 0 Å². The molecule has 1 unspecified atom stereocenters. The second-order valence-corrected chi connectivity index (χ2v) is 6.87. The monoisotopic (exact) mass is 349 g/mol. The Balaban J connectivity index is 1.90. The van der Waals surface area contributed by atoms with Crippen molar-refractivity contribution < 1.29 is 0 Å². The zero-order chi connectivity index (χ0) is 18.3. The highest BCUT2D eigenvalue weighted by Gasteiger charge is 2.24. The molecule has 1 atom stereocenters. The number of nitrogen functional groups attached to an aromatic ring is 2. The number of nitrogens with two attached hydrogens (primary N) is 2. The van der Waals surface area contributed by atoms with Crippen LogP contribution in [0, 0.1) is 6.92 Å². The third-order valence-electron chi connectivity index (χ3n) is 5.00. The Hall–Kier alpha value is -2.96. The van der Waals surface area contributed by atoms with Gasteiger partial charge in [0.1, 0.15) is 11.6 Å². The van der Waals surface area contributed by atoms with Crippen LogP contribution >= 0.6 is 0 Å². The van der Waals surface area contributed by atoms with Crippen LogP contribution in [0.25, 0.3) is 10.9 Å². The van der Waals surface area contributed by atoms with Crippen molar-refractivity contribution in [3.8, 4) is 0 Å². The molecular formula is C19H23N7. The number of hydrogen-bond acceptors (Lipinski definition) is 7. The summed E-state index contributed by atoms with van der Waals surface area (Å²) < 4.78 is 0.